The van der Waals surface area contributed by atoms with Gasteiger partial charge in [-0.3, -0.25) is 0 Å². The van der Waals surface area contributed by atoms with E-state index in [4.69, 9.17) is 71.1 Å². The molecular weight excluding hydrogens is 1400 g/mol. The number of hydrogen-bond donors (Lipinski definition) is 1. The quantitative estimate of drug-likeness (QED) is 0.0387. The van der Waals surface area contributed by atoms with E-state index in [2.05, 4.69) is 0 Å². The van der Waals surface area contributed by atoms with Gasteiger partial charge in [0.05, 0.1) is 85.9 Å². The third-order valence-corrected chi connectivity index (χ3v) is 20.1. The van der Waals surface area contributed by atoms with Crippen LogP contribution in [-0.2, 0) is 144 Å². The monoisotopic (exact) mass is 1490 g/mol. The van der Waals surface area contributed by atoms with Crippen molar-refractivity contribution in [1.29, 1.82) is 0 Å². The fourth-order valence-electron chi connectivity index (χ4n) is 14.3. The lowest BCUT2D eigenvalue weighted by Crippen LogP contribution is -2.70. The summed E-state index contributed by atoms with van der Waals surface area (Å²) in [6.45, 7) is 1.71. The Bertz CT molecular complexity index is 4090. The van der Waals surface area contributed by atoms with Crippen molar-refractivity contribution in [3.8, 4) is 0 Å². The highest BCUT2D eigenvalue weighted by atomic mass is 16.8. The molecule has 16 atom stereocenters. The number of aliphatic hydroxyl groups excluding tert-OH is 1. The van der Waals surface area contributed by atoms with Crippen LogP contribution in [0.5, 0.6) is 0 Å². The van der Waals surface area contributed by atoms with E-state index >= 15 is 0 Å². The van der Waals surface area contributed by atoms with Gasteiger partial charge in [0.15, 0.2) is 12.6 Å². The van der Waals surface area contributed by atoms with Crippen LogP contribution in [0.2, 0.25) is 0 Å². The fraction of sp³-hybridized carbons (Fsp3) is 0.305. The zero-order valence-corrected chi connectivity index (χ0v) is 62.3. The molecule has 2 saturated heterocycles. The van der Waals surface area contributed by atoms with Gasteiger partial charge in [-0.1, -0.05) is 334 Å². The molecule has 574 valence electrons. The molecule has 2 aliphatic heterocycles. The normalized spacial score (nSPS) is 24.6. The molecule has 0 radical (unpaired) electrons. The van der Waals surface area contributed by atoms with Gasteiger partial charge in [0.2, 0.25) is 0 Å². The van der Waals surface area contributed by atoms with Gasteiger partial charge < -0.3 is 76.2 Å². The average molecular weight is 1500 g/mol. The maximum Gasteiger partial charge on any atom is 0.187 e. The highest BCUT2D eigenvalue weighted by molar-refractivity contribution is 5.23. The Morgan fingerprint density at radius 1 is 0.189 bits per heavy atom. The smallest absolute Gasteiger partial charge is 0.187 e. The summed E-state index contributed by atoms with van der Waals surface area (Å²) in [5.41, 5.74) is 10.00. The molecule has 1 N–H and O–H groups in total. The highest BCUT2D eigenvalue weighted by Crippen LogP contribution is 2.41. The zero-order valence-electron chi connectivity index (χ0n) is 62.3. The lowest BCUT2D eigenvalue weighted by atomic mass is 9.83. The first-order valence-corrected chi connectivity index (χ1v) is 38.4. The maximum absolute atomic E-state index is 14.5. The summed E-state index contributed by atoms with van der Waals surface area (Å²) in [6, 6.07) is 110. The van der Waals surface area contributed by atoms with E-state index in [1.807, 2.05) is 334 Å². The van der Waals surface area contributed by atoms with Gasteiger partial charge >= 0.3 is 0 Å². The van der Waals surface area contributed by atoms with Crippen LogP contribution in [-0.4, -0.2) is 116 Å². The standard InChI is InChI=1S/C95H98O16/c96-82-85(110-94-92(106-65-78-52-30-10-31-53-78)87(101-60-73-42-20-5-21-43-73)83(99-58-71-38-16-3-17-39-71)80(108-94)67-97-56-69-34-12-1-13-35-69)89(103-62-75-46-24-7-25-47-75)91(105-64-77-50-28-9-29-51-77)90(104-63-76-48-26-8-27-49-76)86(82)111-95-93(107-66-79-54-32-11-33-55-79)88(102-61-74-44-22-6-23-45-74)84(100-59-72-40-18-4-19-41-72)81(109-95)68-98-57-70-36-14-2-15-37-70/h1-55,80-96H,56-68H2/t80-,81-,82-,83-,84-,85-,86-,87+,88+,89+,90-,91-,92+,93+,94-,95+/m1/s1. The Balaban J connectivity index is 0.913. The first-order valence-electron chi connectivity index (χ1n) is 38.4. The van der Waals surface area contributed by atoms with Crippen molar-refractivity contribution in [3.63, 3.8) is 0 Å². The molecule has 3 fully saturated rings. The molecule has 14 rings (SSSR count). The molecule has 1 saturated carbocycles. The second-order valence-corrected chi connectivity index (χ2v) is 28.1. The van der Waals surface area contributed by atoms with Gasteiger partial charge in [0.25, 0.3) is 0 Å². The van der Waals surface area contributed by atoms with Crippen molar-refractivity contribution in [2.45, 2.75) is 171 Å². The topological polar surface area (TPSA) is 159 Å². The van der Waals surface area contributed by atoms with E-state index in [-0.39, 0.29) is 85.9 Å². The summed E-state index contributed by atoms with van der Waals surface area (Å²) >= 11 is 0. The molecule has 3 aliphatic rings. The summed E-state index contributed by atoms with van der Waals surface area (Å²) in [4.78, 5) is 0. The van der Waals surface area contributed by atoms with Gasteiger partial charge in [-0.2, -0.15) is 0 Å². The molecule has 111 heavy (non-hydrogen) atoms. The molecule has 0 aromatic heterocycles. The minimum absolute atomic E-state index is 0.0269. The van der Waals surface area contributed by atoms with E-state index in [1.165, 1.54) is 0 Å². The van der Waals surface area contributed by atoms with Gasteiger partial charge in [-0.05, 0) is 61.2 Å². The van der Waals surface area contributed by atoms with E-state index < -0.39 is 98.0 Å². The molecular formula is C95H98O16. The van der Waals surface area contributed by atoms with Crippen molar-refractivity contribution < 1.29 is 76.2 Å². The predicted molar refractivity (Wildman–Crippen MR) is 420 cm³/mol. The summed E-state index contributed by atoms with van der Waals surface area (Å²) in [6.07, 6.45) is -18.1. The number of hydrogen-bond acceptors (Lipinski definition) is 16. The first-order chi connectivity index (χ1) is 55.0. The third kappa shape index (κ3) is 22.8. The Morgan fingerprint density at radius 2 is 0.351 bits per heavy atom. The fourth-order valence-corrected chi connectivity index (χ4v) is 14.3. The second kappa shape index (κ2) is 41.9. The third-order valence-electron chi connectivity index (χ3n) is 20.1. The molecule has 16 nitrogen and oxygen atoms in total. The number of ether oxygens (including phenoxy) is 15. The van der Waals surface area contributed by atoms with Crippen molar-refractivity contribution >= 4 is 0 Å². The van der Waals surface area contributed by atoms with Crippen molar-refractivity contribution in [2.24, 2.45) is 0 Å². The van der Waals surface area contributed by atoms with Crippen LogP contribution in [0.15, 0.2) is 334 Å². The van der Waals surface area contributed by atoms with Gasteiger partial charge in [-0.25, -0.2) is 0 Å². The highest BCUT2D eigenvalue weighted by Gasteiger charge is 2.60. The zero-order chi connectivity index (χ0) is 75.3. The van der Waals surface area contributed by atoms with Crippen LogP contribution in [0.1, 0.15) is 61.2 Å². The van der Waals surface area contributed by atoms with Gasteiger partial charge in [0, 0.05) is 0 Å². The Labute approximate surface area is 651 Å². The van der Waals surface area contributed by atoms with Gasteiger partial charge in [0.1, 0.15) is 85.5 Å². The summed E-state index contributed by atoms with van der Waals surface area (Å²) in [5.74, 6) is 0. The Kier molecular flexibility index (Phi) is 29.6. The lowest BCUT2D eigenvalue weighted by Gasteiger charge is -2.53. The number of benzene rings is 11. The molecule has 1 aliphatic carbocycles. The predicted octanol–water partition coefficient (Wildman–Crippen LogP) is 16.3. The summed E-state index contributed by atoms with van der Waals surface area (Å²) < 4.78 is 110. The molecule has 16 heteroatoms. The number of aliphatic hydroxyl groups is 1. The van der Waals surface area contributed by atoms with Crippen molar-refractivity contribution in [2.75, 3.05) is 13.2 Å². The Morgan fingerprint density at radius 3 is 0.559 bits per heavy atom. The van der Waals surface area contributed by atoms with E-state index in [9.17, 15) is 5.11 Å². The minimum atomic E-state index is -1.67. The van der Waals surface area contributed by atoms with Crippen molar-refractivity contribution in [1.82, 2.24) is 0 Å². The van der Waals surface area contributed by atoms with Crippen LogP contribution in [0.4, 0.5) is 0 Å². The van der Waals surface area contributed by atoms with Crippen LogP contribution < -0.4 is 0 Å². The Hall–Kier alpha value is -9.22. The summed E-state index contributed by atoms with van der Waals surface area (Å²) in [5, 5.41) is 14.5. The van der Waals surface area contributed by atoms with Crippen LogP contribution in [0, 0.1) is 0 Å². The van der Waals surface area contributed by atoms with E-state index in [0.717, 1.165) is 61.2 Å². The second-order valence-electron chi connectivity index (χ2n) is 28.1. The number of rotatable bonds is 39. The molecule has 2 heterocycles. The average Bonchev–Trinajstić information content (AvgIpc) is 0.750. The maximum atomic E-state index is 14.5. The molecule has 11 aromatic carbocycles. The first kappa shape index (κ1) is 78.5. The molecule has 0 unspecified atom stereocenters. The molecule has 0 amide bonds. The molecule has 0 spiro atoms. The largest absolute Gasteiger partial charge is 0.387 e. The van der Waals surface area contributed by atoms with Crippen LogP contribution in [0.3, 0.4) is 0 Å². The minimum Gasteiger partial charge on any atom is -0.387 e. The van der Waals surface area contributed by atoms with Gasteiger partial charge in [-0.15, -0.1) is 0 Å². The lowest BCUT2D eigenvalue weighted by molar-refractivity contribution is -0.381. The SMILES string of the molecule is O[C@@H]1[C@@H](O[C@H]2O[C@H](COCc3ccccc3)[C@@H](OCc3ccccc3)[C@H](OCc3ccccc3)[C@@H]2OCc2ccccc2)[C@H](OCc2ccccc2)[C@@H](OCc2ccccc2)[C@H](OCc2ccccc2)[C@@H]1O[C@@H]1O[C@H](COCc2ccccc2)[C@@H](OCc2ccccc2)[C@H](OCc2ccccc2)[C@@H]1OCc1ccccc1. The molecule has 0 bridgehead atoms. The van der Waals surface area contributed by atoms with E-state index in [0.29, 0.717) is 0 Å². The summed E-state index contributed by atoms with van der Waals surface area (Å²) in [7, 11) is 0. The van der Waals surface area contributed by atoms with E-state index in [1.54, 1.807) is 0 Å². The van der Waals surface area contributed by atoms with Crippen molar-refractivity contribution in [3.05, 3.63) is 395 Å². The van der Waals surface area contributed by atoms with Crippen LogP contribution >= 0.6 is 0 Å². The van der Waals surface area contributed by atoms with Crippen LogP contribution in [0.25, 0.3) is 0 Å². The molecule has 11 aromatic rings.